The summed E-state index contributed by atoms with van der Waals surface area (Å²) in [6.45, 7) is 2.38. The summed E-state index contributed by atoms with van der Waals surface area (Å²) in [5.41, 5.74) is 2.21. The molecule has 4 nitrogen and oxygen atoms in total. The van der Waals surface area contributed by atoms with E-state index in [4.69, 9.17) is 4.74 Å². The van der Waals surface area contributed by atoms with Crippen molar-refractivity contribution in [3.8, 4) is 6.01 Å². The summed E-state index contributed by atoms with van der Waals surface area (Å²) in [4.78, 5) is 9.42. The minimum Gasteiger partial charge on any atom is -0.459 e. The first-order valence-corrected chi connectivity index (χ1v) is 5.94. The fourth-order valence-corrected chi connectivity index (χ4v) is 1.56. The fourth-order valence-electron chi connectivity index (χ4n) is 1.56. The highest BCUT2D eigenvalue weighted by molar-refractivity contribution is 5.37. The van der Waals surface area contributed by atoms with Crippen LogP contribution in [0.1, 0.15) is 11.1 Å². The second-order valence-electron chi connectivity index (χ2n) is 4.49. The van der Waals surface area contributed by atoms with Crippen LogP contribution in [0.3, 0.4) is 0 Å². The number of hydrogen-bond donors (Lipinski definition) is 0. The molecule has 2 aromatic rings. The maximum atomic E-state index is 13.4. The average molecular weight is 261 g/mol. The molecule has 100 valence electrons. The van der Waals surface area contributed by atoms with Crippen LogP contribution in [0.4, 0.5) is 10.2 Å². The maximum Gasteiger partial charge on any atom is 0.318 e. The molecular formula is C14H16FN3O. The van der Waals surface area contributed by atoms with Crippen molar-refractivity contribution in [2.24, 2.45) is 0 Å². The van der Waals surface area contributed by atoms with Gasteiger partial charge in [0.15, 0.2) is 11.6 Å². The van der Waals surface area contributed by atoms with E-state index in [0.29, 0.717) is 6.61 Å². The fraction of sp³-hybridized carbons (Fsp3) is 0.286. The van der Waals surface area contributed by atoms with Crippen molar-refractivity contribution in [3.63, 3.8) is 0 Å². The van der Waals surface area contributed by atoms with Crippen molar-refractivity contribution < 1.29 is 9.13 Å². The molecule has 0 saturated heterocycles. The summed E-state index contributed by atoms with van der Waals surface area (Å²) in [5, 5.41) is 0. The molecule has 0 unspecified atom stereocenters. The molecule has 0 bridgehead atoms. The molecule has 0 spiro atoms. The summed E-state index contributed by atoms with van der Waals surface area (Å²) in [6, 6.07) is 8.15. The zero-order valence-corrected chi connectivity index (χ0v) is 11.2. The van der Waals surface area contributed by atoms with E-state index >= 15 is 0 Å². The molecule has 0 aliphatic heterocycles. The second-order valence-corrected chi connectivity index (χ2v) is 4.49. The van der Waals surface area contributed by atoms with Crippen molar-refractivity contribution in [3.05, 3.63) is 47.4 Å². The topological polar surface area (TPSA) is 38.2 Å². The van der Waals surface area contributed by atoms with Gasteiger partial charge in [0, 0.05) is 14.1 Å². The van der Waals surface area contributed by atoms with Crippen LogP contribution in [0, 0.1) is 12.7 Å². The van der Waals surface area contributed by atoms with Gasteiger partial charge in [-0.2, -0.15) is 4.98 Å². The first-order valence-electron chi connectivity index (χ1n) is 5.94. The number of aryl methyl sites for hydroxylation is 1. The van der Waals surface area contributed by atoms with Gasteiger partial charge in [0.2, 0.25) is 0 Å². The highest BCUT2D eigenvalue weighted by Gasteiger charge is 2.09. The van der Waals surface area contributed by atoms with Gasteiger partial charge in [0.05, 0.1) is 6.20 Å². The normalized spacial score (nSPS) is 10.3. The summed E-state index contributed by atoms with van der Waals surface area (Å²) in [6.07, 6.45) is 1.12. The Kier molecular flexibility index (Phi) is 3.94. The van der Waals surface area contributed by atoms with E-state index in [1.807, 2.05) is 31.2 Å². The van der Waals surface area contributed by atoms with Gasteiger partial charge in [0.25, 0.3) is 0 Å². The zero-order valence-electron chi connectivity index (χ0n) is 11.2. The third kappa shape index (κ3) is 3.40. The Morgan fingerprint density at radius 3 is 2.53 bits per heavy atom. The smallest absolute Gasteiger partial charge is 0.318 e. The van der Waals surface area contributed by atoms with Crippen LogP contribution in [0.25, 0.3) is 0 Å². The van der Waals surface area contributed by atoms with Crippen LogP contribution >= 0.6 is 0 Å². The number of rotatable bonds is 4. The Morgan fingerprint density at radius 2 is 1.89 bits per heavy atom. The van der Waals surface area contributed by atoms with Crippen LogP contribution in [0.15, 0.2) is 30.5 Å². The molecule has 0 N–H and O–H groups in total. The predicted octanol–water partition coefficient (Wildman–Crippen LogP) is 2.57. The lowest BCUT2D eigenvalue weighted by atomic mass is 10.2. The molecule has 0 fully saturated rings. The molecule has 0 atom stereocenters. The molecule has 0 aliphatic carbocycles. The Bertz CT molecular complexity index is 555. The number of nitrogens with zero attached hydrogens (tertiary/aromatic N) is 3. The summed E-state index contributed by atoms with van der Waals surface area (Å²) in [7, 11) is 3.43. The Labute approximate surface area is 111 Å². The van der Waals surface area contributed by atoms with E-state index in [0.717, 1.165) is 11.8 Å². The average Bonchev–Trinajstić information content (AvgIpc) is 2.39. The van der Waals surface area contributed by atoms with Crippen LogP contribution in [0.2, 0.25) is 0 Å². The SMILES string of the molecule is Cc1ccc(COc2ncc(F)c(N(C)C)n2)cc1. The number of hydrogen-bond acceptors (Lipinski definition) is 4. The highest BCUT2D eigenvalue weighted by atomic mass is 19.1. The molecule has 0 amide bonds. The van der Waals surface area contributed by atoms with Gasteiger partial charge in [-0.1, -0.05) is 29.8 Å². The third-order valence-corrected chi connectivity index (χ3v) is 2.62. The maximum absolute atomic E-state index is 13.4. The predicted molar refractivity (Wildman–Crippen MR) is 71.8 cm³/mol. The van der Waals surface area contributed by atoms with E-state index in [2.05, 4.69) is 9.97 Å². The molecule has 1 aromatic heterocycles. The largest absolute Gasteiger partial charge is 0.459 e. The summed E-state index contributed by atoms with van der Waals surface area (Å²) < 4.78 is 18.9. The van der Waals surface area contributed by atoms with Crippen LogP contribution in [-0.4, -0.2) is 24.1 Å². The molecule has 1 heterocycles. The van der Waals surface area contributed by atoms with Crippen LogP contribution in [-0.2, 0) is 6.61 Å². The minimum absolute atomic E-state index is 0.172. The second kappa shape index (κ2) is 5.65. The Balaban J connectivity index is 2.07. The van der Waals surface area contributed by atoms with E-state index in [9.17, 15) is 4.39 Å². The quantitative estimate of drug-likeness (QED) is 0.848. The summed E-state index contributed by atoms with van der Waals surface area (Å²) in [5.74, 6) is -0.249. The van der Waals surface area contributed by atoms with Crippen molar-refractivity contribution in [1.82, 2.24) is 9.97 Å². The number of halogens is 1. The molecule has 0 radical (unpaired) electrons. The van der Waals surface area contributed by atoms with Gasteiger partial charge in [-0.3, -0.25) is 0 Å². The van der Waals surface area contributed by atoms with Crippen LogP contribution in [0.5, 0.6) is 6.01 Å². The van der Waals surface area contributed by atoms with Gasteiger partial charge in [-0.25, -0.2) is 9.37 Å². The molecule has 5 heteroatoms. The Morgan fingerprint density at radius 1 is 1.21 bits per heavy atom. The summed E-state index contributed by atoms with van der Waals surface area (Å²) >= 11 is 0. The molecule has 1 aromatic carbocycles. The van der Waals surface area contributed by atoms with E-state index < -0.39 is 5.82 Å². The van der Waals surface area contributed by atoms with Crippen molar-refractivity contribution in [1.29, 1.82) is 0 Å². The van der Waals surface area contributed by atoms with Crippen molar-refractivity contribution >= 4 is 5.82 Å². The lowest BCUT2D eigenvalue weighted by molar-refractivity contribution is 0.279. The lowest BCUT2D eigenvalue weighted by Crippen LogP contribution is -2.14. The minimum atomic E-state index is -0.465. The molecule has 19 heavy (non-hydrogen) atoms. The van der Waals surface area contributed by atoms with Gasteiger partial charge in [-0.05, 0) is 12.5 Å². The van der Waals surface area contributed by atoms with E-state index in [1.165, 1.54) is 5.56 Å². The Hall–Kier alpha value is -2.17. The van der Waals surface area contributed by atoms with E-state index in [-0.39, 0.29) is 11.8 Å². The van der Waals surface area contributed by atoms with Crippen molar-refractivity contribution in [2.45, 2.75) is 13.5 Å². The lowest BCUT2D eigenvalue weighted by Gasteiger charge is -2.13. The van der Waals surface area contributed by atoms with E-state index in [1.54, 1.807) is 19.0 Å². The number of ether oxygens (including phenoxy) is 1. The van der Waals surface area contributed by atoms with Crippen LogP contribution < -0.4 is 9.64 Å². The van der Waals surface area contributed by atoms with Gasteiger partial charge < -0.3 is 9.64 Å². The zero-order chi connectivity index (χ0) is 13.8. The molecule has 0 saturated carbocycles. The molecular weight excluding hydrogens is 245 g/mol. The standard InChI is InChI=1S/C14H16FN3O/c1-10-4-6-11(7-5-10)9-19-14-16-8-12(15)13(17-14)18(2)3/h4-8H,9H2,1-3H3. The molecule has 2 rings (SSSR count). The number of aromatic nitrogens is 2. The van der Waals surface area contributed by atoms with Gasteiger partial charge in [0.1, 0.15) is 6.61 Å². The third-order valence-electron chi connectivity index (χ3n) is 2.62. The molecule has 0 aliphatic rings. The van der Waals surface area contributed by atoms with Gasteiger partial charge in [-0.15, -0.1) is 0 Å². The first-order chi connectivity index (χ1) is 9.06. The first kappa shape index (κ1) is 13.3. The highest BCUT2D eigenvalue weighted by Crippen LogP contribution is 2.16. The number of benzene rings is 1. The monoisotopic (exact) mass is 261 g/mol. The van der Waals surface area contributed by atoms with Crippen molar-refractivity contribution in [2.75, 3.05) is 19.0 Å². The van der Waals surface area contributed by atoms with Gasteiger partial charge >= 0.3 is 6.01 Å². The number of anilines is 1.